The zero-order valence-corrected chi connectivity index (χ0v) is 13.8. The summed E-state index contributed by atoms with van der Waals surface area (Å²) >= 11 is 1.59. The minimum Gasteiger partial charge on any atom is -0.497 e. The summed E-state index contributed by atoms with van der Waals surface area (Å²) < 4.78 is 6.70. The molecule has 3 aromatic rings. The van der Waals surface area contributed by atoms with Crippen molar-refractivity contribution in [2.75, 3.05) is 13.0 Å². The van der Waals surface area contributed by atoms with Crippen LogP contribution in [0.4, 0.5) is 0 Å². The molecule has 1 heterocycles. The van der Waals surface area contributed by atoms with Crippen LogP contribution in [0, 0.1) is 0 Å². The van der Waals surface area contributed by atoms with E-state index in [-0.39, 0.29) is 5.25 Å². The highest BCUT2D eigenvalue weighted by atomic mass is 32.2. The Hall–Kier alpha value is -2.47. The van der Waals surface area contributed by atoms with Crippen LogP contribution in [0.5, 0.6) is 5.75 Å². The molecular weight excluding hydrogens is 308 g/mol. The molecule has 0 aliphatic rings. The Morgan fingerprint density at radius 3 is 2.39 bits per heavy atom. The van der Waals surface area contributed by atoms with Gasteiger partial charge in [0, 0.05) is 10.8 Å². The normalized spacial score (nSPS) is 12.1. The van der Waals surface area contributed by atoms with Crippen molar-refractivity contribution in [3.05, 3.63) is 60.2 Å². The highest BCUT2D eigenvalue weighted by Crippen LogP contribution is 2.34. The Labute approximate surface area is 139 Å². The fourth-order valence-electron chi connectivity index (χ4n) is 2.24. The molecular formula is C17H18N4OS. The van der Waals surface area contributed by atoms with Crippen molar-refractivity contribution < 1.29 is 4.74 Å². The van der Waals surface area contributed by atoms with Gasteiger partial charge in [0.25, 0.3) is 0 Å². The van der Waals surface area contributed by atoms with Crippen molar-refractivity contribution in [1.29, 1.82) is 0 Å². The molecule has 118 valence electrons. The van der Waals surface area contributed by atoms with Gasteiger partial charge in [0.05, 0.1) is 7.11 Å². The maximum absolute atomic E-state index is 6.17. The number of rotatable bonds is 5. The first kappa shape index (κ1) is 15.4. The minimum absolute atomic E-state index is 0.242. The molecule has 6 heteroatoms. The SMILES string of the molecule is COc1ccc(-c2nnc(SC(C)c3ccccc3)n2N)cc1. The van der Waals surface area contributed by atoms with Gasteiger partial charge in [0.1, 0.15) is 5.75 Å². The van der Waals surface area contributed by atoms with Crippen LogP contribution in [0.2, 0.25) is 0 Å². The van der Waals surface area contributed by atoms with E-state index in [2.05, 4.69) is 29.3 Å². The monoisotopic (exact) mass is 326 g/mol. The van der Waals surface area contributed by atoms with Gasteiger partial charge in [-0.2, -0.15) is 0 Å². The van der Waals surface area contributed by atoms with E-state index in [1.54, 1.807) is 18.9 Å². The lowest BCUT2D eigenvalue weighted by Gasteiger charge is -2.10. The van der Waals surface area contributed by atoms with Crippen molar-refractivity contribution in [2.24, 2.45) is 0 Å². The number of hydrogen-bond acceptors (Lipinski definition) is 5. The second kappa shape index (κ2) is 6.75. The number of aromatic nitrogens is 3. The first-order valence-corrected chi connectivity index (χ1v) is 8.13. The number of hydrogen-bond donors (Lipinski definition) is 1. The van der Waals surface area contributed by atoms with Gasteiger partial charge in [-0.25, -0.2) is 4.68 Å². The molecule has 0 spiro atoms. The first-order valence-electron chi connectivity index (χ1n) is 7.25. The van der Waals surface area contributed by atoms with E-state index in [4.69, 9.17) is 10.6 Å². The largest absolute Gasteiger partial charge is 0.497 e. The molecule has 3 rings (SSSR count). The number of thioether (sulfide) groups is 1. The quantitative estimate of drug-likeness (QED) is 0.574. The molecule has 5 nitrogen and oxygen atoms in total. The molecule has 1 aromatic heterocycles. The molecule has 2 aromatic carbocycles. The second-order valence-corrected chi connectivity index (χ2v) is 6.38. The fourth-order valence-corrected chi connectivity index (χ4v) is 3.14. The van der Waals surface area contributed by atoms with E-state index in [1.165, 1.54) is 10.2 Å². The highest BCUT2D eigenvalue weighted by molar-refractivity contribution is 7.99. The molecule has 23 heavy (non-hydrogen) atoms. The lowest BCUT2D eigenvalue weighted by atomic mass is 10.2. The Morgan fingerprint density at radius 2 is 1.74 bits per heavy atom. The van der Waals surface area contributed by atoms with Gasteiger partial charge in [-0.3, -0.25) is 0 Å². The van der Waals surface area contributed by atoms with E-state index in [0.29, 0.717) is 11.0 Å². The lowest BCUT2D eigenvalue weighted by molar-refractivity contribution is 0.415. The zero-order valence-electron chi connectivity index (χ0n) is 13.0. The maximum atomic E-state index is 6.17. The first-order chi connectivity index (χ1) is 11.2. The Kier molecular flexibility index (Phi) is 4.52. The van der Waals surface area contributed by atoms with Crippen LogP contribution in [-0.2, 0) is 0 Å². The van der Waals surface area contributed by atoms with Gasteiger partial charge in [0.15, 0.2) is 5.82 Å². The third kappa shape index (κ3) is 3.32. The van der Waals surface area contributed by atoms with Crippen molar-refractivity contribution in [1.82, 2.24) is 14.9 Å². The summed E-state index contributed by atoms with van der Waals surface area (Å²) in [6, 6.07) is 17.9. The third-order valence-corrected chi connectivity index (χ3v) is 4.68. The summed E-state index contributed by atoms with van der Waals surface area (Å²) in [5.74, 6) is 7.60. The molecule has 0 saturated heterocycles. The van der Waals surface area contributed by atoms with E-state index in [9.17, 15) is 0 Å². The summed E-state index contributed by atoms with van der Waals surface area (Å²) in [6.45, 7) is 2.13. The highest BCUT2D eigenvalue weighted by Gasteiger charge is 2.16. The average Bonchev–Trinajstić information content (AvgIpc) is 2.96. The van der Waals surface area contributed by atoms with E-state index < -0.39 is 0 Å². The molecule has 1 atom stereocenters. The summed E-state index contributed by atoms with van der Waals surface area (Å²) in [6.07, 6.45) is 0. The van der Waals surface area contributed by atoms with Crippen molar-refractivity contribution in [3.8, 4) is 17.1 Å². The number of methoxy groups -OCH3 is 1. The summed E-state index contributed by atoms with van der Waals surface area (Å²) in [5.41, 5.74) is 2.13. The van der Waals surface area contributed by atoms with Crippen LogP contribution in [0.25, 0.3) is 11.4 Å². The fraction of sp³-hybridized carbons (Fsp3) is 0.176. The molecule has 0 amide bonds. The van der Waals surface area contributed by atoms with Crippen LogP contribution >= 0.6 is 11.8 Å². The molecule has 0 fully saturated rings. The van der Waals surface area contributed by atoms with Gasteiger partial charge in [-0.1, -0.05) is 42.1 Å². The molecule has 0 radical (unpaired) electrons. The lowest BCUT2D eigenvalue weighted by Crippen LogP contribution is -2.12. The predicted octanol–water partition coefficient (Wildman–Crippen LogP) is 3.52. The number of ether oxygens (including phenoxy) is 1. The van der Waals surface area contributed by atoms with Crippen LogP contribution in [0.15, 0.2) is 59.8 Å². The van der Waals surface area contributed by atoms with Gasteiger partial charge >= 0.3 is 0 Å². The predicted molar refractivity (Wildman–Crippen MR) is 92.9 cm³/mol. The zero-order chi connectivity index (χ0) is 16.2. The van der Waals surface area contributed by atoms with Gasteiger partial charge in [-0.05, 0) is 36.8 Å². The molecule has 0 aliphatic carbocycles. The Morgan fingerprint density at radius 1 is 1.04 bits per heavy atom. The number of nitrogens with zero attached hydrogens (tertiary/aromatic N) is 3. The minimum atomic E-state index is 0.242. The molecule has 0 aliphatic heterocycles. The summed E-state index contributed by atoms with van der Waals surface area (Å²) in [4.78, 5) is 0. The van der Waals surface area contributed by atoms with Gasteiger partial charge < -0.3 is 10.6 Å². The Bertz CT molecular complexity index is 771. The number of nitrogens with two attached hydrogens (primary N) is 1. The van der Waals surface area contributed by atoms with Gasteiger partial charge in [-0.15, -0.1) is 10.2 Å². The van der Waals surface area contributed by atoms with E-state index >= 15 is 0 Å². The standard InChI is InChI=1S/C17H18N4OS/c1-12(13-6-4-3-5-7-13)23-17-20-19-16(21(17)18)14-8-10-15(22-2)11-9-14/h3-12H,18H2,1-2H3. The van der Waals surface area contributed by atoms with Crippen LogP contribution < -0.4 is 10.6 Å². The number of benzene rings is 2. The van der Waals surface area contributed by atoms with Crippen LogP contribution in [0.3, 0.4) is 0 Å². The van der Waals surface area contributed by atoms with Crippen molar-refractivity contribution >= 4 is 11.8 Å². The smallest absolute Gasteiger partial charge is 0.210 e. The van der Waals surface area contributed by atoms with Crippen molar-refractivity contribution in [2.45, 2.75) is 17.3 Å². The average molecular weight is 326 g/mol. The molecule has 1 unspecified atom stereocenters. The van der Waals surface area contributed by atoms with Crippen molar-refractivity contribution in [3.63, 3.8) is 0 Å². The molecule has 0 bridgehead atoms. The van der Waals surface area contributed by atoms with Crippen LogP contribution in [-0.4, -0.2) is 22.0 Å². The van der Waals surface area contributed by atoms with Gasteiger partial charge in [0.2, 0.25) is 5.16 Å². The Balaban J connectivity index is 1.81. The molecule has 0 saturated carbocycles. The molecule has 2 N–H and O–H groups in total. The van der Waals surface area contributed by atoms with Crippen LogP contribution in [0.1, 0.15) is 17.7 Å². The third-order valence-electron chi connectivity index (χ3n) is 3.56. The van der Waals surface area contributed by atoms with E-state index in [1.807, 2.05) is 42.5 Å². The number of nitrogen functional groups attached to an aromatic ring is 1. The summed E-state index contributed by atoms with van der Waals surface area (Å²) in [7, 11) is 1.64. The summed E-state index contributed by atoms with van der Waals surface area (Å²) in [5, 5.41) is 9.36. The van der Waals surface area contributed by atoms with E-state index in [0.717, 1.165) is 11.3 Å². The maximum Gasteiger partial charge on any atom is 0.210 e. The topological polar surface area (TPSA) is 66.0 Å². The second-order valence-electron chi connectivity index (χ2n) is 5.08.